The number of carbonyl (C=O) groups excluding carboxylic acids is 1. The summed E-state index contributed by atoms with van der Waals surface area (Å²) in [7, 11) is 0. The van der Waals surface area contributed by atoms with Gasteiger partial charge in [0.1, 0.15) is 5.76 Å². The predicted molar refractivity (Wildman–Crippen MR) is 84.5 cm³/mol. The second-order valence-electron chi connectivity index (χ2n) is 4.97. The highest BCUT2D eigenvalue weighted by atomic mass is 16.5. The van der Waals surface area contributed by atoms with E-state index in [1.165, 1.54) is 0 Å². The summed E-state index contributed by atoms with van der Waals surface area (Å²) in [6.07, 6.45) is 1.05. The molecule has 0 fully saturated rings. The van der Waals surface area contributed by atoms with Crippen molar-refractivity contribution in [1.29, 1.82) is 0 Å². The van der Waals surface area contributed by atoms with E-state index >= 15 is 0 Å². The van der Waals surface area contributed by atoms with Crippen LogP contribution in [0, 0.1) is 6.92 Å². The largest absolute Gasteiger partial charge is 0.441 e. The smallest absolute Gasteiger partial charge is 0.226 e. The summed E-state index contributed by atoms with van der Waals surface area (Å²) in [6.45, 7) is 5.76. The quantitative estimate of drug-likeness (QED) is 0.762. The Bertz CT molecular complexity index is 593. The maximum Gasteiger partial charge on any atom is 0.226 e. The van der Waals surface area contributed by atoms with Crippen molar-refractivity contribution in [2.45, 2.75) is 26.7 Å². The number of benzene rings is 1. The van der Waals surface area contributed by atoms with Crippen LogP contribution in [0.2, 0.25) is 0 Å². The highest BCUT2D eigenvalue weighted by Gasteiger charge is 2.14. The van der Waals surface area contributed by atoms with Gasteiger partial charge >= 0.3 is 0 Å². The van der Waals surface area contributed by atoms with E-state index in [0.29, 0.717) is 37.1 Å². The van der Waals surface area contributed by atoms with Gasteiger partial charge in [-0.2, -0.15) is 0 Å². The molecule has 1 amide bonds. The Morgan fingerprint density at radius 1 is 1.32 bits per heavy atom. The predicted octanol–water partition coefficient (Wildman–Crippen LogP) is 2.74. The minimum atomic E-state index is -0.0486. The van der Waals surface area contributed by atoms with Gasteiger partial charge in [0.2, 0.25) is 11.8 Å². The van der Waals surface area contributed by atoms with Gasteiger partial charge in [-0.15, -0.1) is 0 Å². The van der Waals surface area contributed by atoms with Gasteiger partial charge in [0.25, 0.3) is 0 Å². The molecule has 0 aliphatic heterocycles. The molecule has 0 aliphatic rings. The molecule has 0 saturated carbocycles. The SMILES string of the molecule is CCOCCCNC(=O)Cc1nc(-c2ccccc2)oc1C. The van der Waals surface area contributed by atoms with Gasteiger partial charge in [-0.05, 0) is 32.4 Å². The first-order valence-electron chi connectivity index (χ1n) is 7.57. The van der Waals surface area contributed by atoms with E-state index in [1.54, 1.807) is 0 Å². The third-order valence-electron chi connectivity index (χ3n) is 3.23. The van der Waals surface area contributed by atoms with E-state index in [2.05, 4.69) is 10.3 Å². The van der Waals surface area contributed by atoms with Crippen molar-refractivity contribution in [2.75, 3.05) is 19.8 Å². The van der Waals surface area contributed by atoms with Gasteiger partial charge in [-0.25, -0.2) is 4.98 Å². The standard InChI is InChI=1S/C17H22N2O3/c1-3-21-11-7-10-18-16(20)12-15-13(2)22-17(19-15)14-8-5-4-6-9-14/h4-6,8-9H,3,7,10-12H2,1-2H3,(H,18,20). The Hall–Kier alpha value is -2.14. The zero-order valence-electron chi connectivity index (χ0n) is 13.1. The first-order chi connectivity index (χ1) is 10.7. The molecule has 0 radical (unpaired) electrons. The zero-order valence-corrected chi connectivity index (χ0v) is 13.1. The number of aromatic nitrogens is 1. The second kappa shape index (κ2) is 8.34. The summed E-state index contributed by atoms with van der Waals surface area (Å²) in [5.74, 6) is 1.19. The highest BCUT2D eigenvalue weighted by Crippen LogP contribution is 2.21. The topological polar surface area (TPSA) is 64.4 Å². The van der Waals surface area contributed by atoms with E-state index in [-0.39, 0.29) is 12.3 Å². The van der Waals surface area contributed by atoms with E-state index < -0.39 is 0 Å². The minimum Gasteiger partial charge on any atom is -0.441 e. The number of amides is 1. The average molecular weight is 302 g/mol. The third kappa shape index (κ3) is 4.70. The Balaban J connectivity index is 1.88. The number of ether oxygens (including phenoxy) is 1. The normalized spacial score (nSPS) is 10.6. The lowest BCUT2D eigenvalue weighted by molar-refractivity contribution is -0.120. The Labute approximate surface area is 130 Å². The molecule has 0 atom stereocenters. The van der Waals surface area contributed by atoms with E-state index in [0.717, 1.165) is 12.0 Å². The van der Waals surface area contributed by atoms with E-state index in [4.69, 9.17) is 9.15 Å². The molecule has 1 N–H and O–H groups in total. The van der Waals surface area contributed by atoms with Crippen LogP contribution in [0.1, 0.15) is 24.8 Å². The monoisotopic (exact) mass is 302 g/mol. The van der Waals surface area contributed by atoms with Crippen LogP contribution in [0.3, 0.4) is 0 Å². The maximum absolute atomic E-state index is 11.9. The van der Waals surface area contributed by atoms with Crippen LogP contribution < -0.4 is 5.32 Å². The number of hydrogen-bond acceptors (Lipinski definition) is 4. The van der Waals surface area contributed by atoms with Gasteiger partial charge in [0, 0.05) is 25.3 Å². The van der Waals surface area contributed by atoms with Gasteiger partial charge in [-0.1, -0.05) is 18.2 Å². The summed E-state index contributed by atoms with van der Waals surface area (Å²) in [5, 5.41) is 2.87. The molecule has 5 heteroatoms. The fourth-order valence-corrected chi connectivity index (χ4v) is 2.06. The van der Waals surface area contributed by atoms with Crippen LogP contribution in [-0.4, -0.2) is 30.6 Å². The maximum atomic E-state index is 11.9. The van der Waals surface area contributed by atoms with E-state index in [1.807, 2.05) is 44.2 Å². The molecule has 0 unspecified atom stereocenters. The zero-order chi connectivity index (χ0) is 15.8. The van der Waals surface area contributed by atoms with Gasteiger partial charge in [0.05, 0.1) is 12.1 Å². The van der Waals surface area contributed by atoms with E-state index in [9.17, 15) is 4.79 Å². The Kier molecular flexibility index (Phi) is 6.15. The lowest BCUT2D eigenvalue weighted by Crippen LogP contribution is -2.27. The lowest BCUT2D eigenvalue weighted by atomic mass is 10.2. The first-order valence-corrected chi connectivity index (χ1v) is 7.57. The molecule has 0 bridgehead atoms. The van der Waals surface area contributed by atoms with Crippen LogP contribution in [-0.2, 0) is 16.0 Å². The van der Waals surface area contributed by atoms with Crippen LogP contribution in [0.15, 0.2) is 34.7 Å². The first kappa shape index (κ1) is 16.2. The van der Waals surface area contributed by atoms with Crippen LogP contribution >= 0.6 is 0 Å². The second-order valence-corrected chi connectivity index (χ2v) is 4.97. The van der Waals surface area contributed by atoms with Crippen molar-refractivity contribution >= 4 is 5.91 Å². The summed E-state index contributed by atoms with van der Waals surface area (Å²) < 4.78 is 10.9. The summed E-state index contributed by atoms with van der Waals surface area (Å²) in [4.78, 5) is 16.3. The molecule has 2 aromatic rings. The van der Waals surface area contributed by atoms with Crippen molar-refractivity contribution in [3.8, 4) is 11.5 Å². The summed E-state index contributed by atoms with van der Waals surface area (Å²) in [5.41, 5.74) is 1.59. The average Bonchev–Trinajstić information content (AvgIpc) is 2.89. The molecule has 1 aromatic heterocycles. The number of aryl methyl sites for hydroxylation is 1. The molecule has 118 valence electrons. The third-order valence-corrected chi connectivity index (χ3v) is 3.23. The van der Waals surface area contributed by atoms with Crippen LogP contribution in [0.5, 0.6) is 0 Å². The van der Waals surface area contributed by atoms with Crippen molar-refractivity contribution in [1.82, 2.24) is 10.3 Å². The lowest BCUT2D eigenvalue weighted by Gasteiger charge is -2.04. The van der Waals surface area contributed by atoms with Crippen molar-refractivity contribution < 1.29 is 13.9 Å². The molecule has 1 aromatic carbocycles. The molecular weight excluding hydrogens is 280 g/mol. The van der Waals surface area contributed by atoms with Crippen molar-refractivity contribution in [2.24, 2.45) is 0 Å². The number of oxazole rings is 1. The number of hydrogen-bond donors (Lipinski definition) is 1. The summed E-state index contributed by atoms with van der Waals surface area (Å²) >= 11 is 0. The molecule has 0 spiro atoms. The van der Waals surface area contributed by atoms with Gasteiger partial charge < -0.3 is 14.5 Å². The summed E-state index contributed by atoms with van der Waals surface area (Å²) in [6, 6.07) is 9.67. The van der Waals surface area contributed by atoms with Gasteiger partial charge in [0.15, 0.2) is 0 Å². The van der Waals surface area contributed by atoms with Crippen molar-refractivity contribution in [3.63, 3.8) is 0 Å². The molecule has 5 nitrogen and oxygen atoms in total. The Morgan fingerprint density at radius 2 is 2.09 bits per heavy atom. The Morgan fingerprint density at radius 3 is 2.82 bits per heavy atom. The molecule has 1 heterocycles. The van der Waals surface area contributed by atoms with Crippen LogP contribution in [0.4, 0.5) is 0 Å². The molecule has 22 heavy (non-hydrogen) atoms. The number of rotatable bonds is 8. The fraction of sp³-hybridized carbons (Fsp3) is 0.412. The van der Waals surface area contributed by atoms with Crippen LogP contribution in [0.25, 0.3) is 11.5 Å². The molecular formula is C17H22N2O3. The van der Waals surface area contributed by atoms with Gasteiger partial charge in [-0.3, -0.25) is 4.79 Å². The molecule has 0 aliphatic carbocycles. The fourth-order valence-electron chi connectivity index (χ4n) is 2.06. The number of nitrogens with one attached hydrogen (secondary N) is 1. The molecule has 0 saturated heterocycles. The number of carbonyl (C=O) groups is 1. The number of nitrogens with zero attached hydrogens (tertiary/aromatic N) is 1. The minimum absolute atomic E-state index is 0.0486. The molecule has 2 rings (SSSR count). The van der Waals surface area contributed by atoms with Crippen molar-refractivity contribution in [3.05, 3.63) is 41.8 Å². The highest BCUT2D eigenvalue weighted by molar-refractivity contribution is 5.78.